The second-order valence-corrected chi connectivity index (χ2v) is 12.6. The molecule has 0 saturated carbocycles. The minimum atomic E-state index is -0.498. The summed E-state index contributed by atoms with van der Waals surface area (Å²) < 4.78 is 0. The van der Waals surface area contributed by atoms with Gasteiger partial charge in [0.25, 0.3) is 0 Å². The first-order valence-corrected chi connectivity index (χ1v) is 14.7. The van der Waals surface area contributed by atoms with Crippen molar-refractivity contribution in [2.45, 2.75) is 74.5 Å². The molecule has 0 aliphatic carbocycles. The van der Waals surface area contributed by atoms with E-state index in [1.54, 1.807) is 21.6 Å². The van der Waals surface area contributed by atoms with Crippen molar-refractivity contribution in [2.75, 3.05) is 50.8 Å². The Morgan fingerprint density at radius 2 is 1.09 bits per heavy atom. The largest absolute Gasteiger partial charge is 0.341 e. The lowest BCUT2D eigenvalue weighted by Gasteiger charge is -2.40. The van der Waals surface area contributed by atoms with E-state index in [0.717, 1.165) is 65.0 Å². The first-order valence-electron chi connectivity index (χ1n) is 12.3. The number of carbonyl (C=O) groups is 2. The van der Waals surface area contributed by atoms with E-state index in [4.69, 9.17) is 11.5 Å². The van der Waals surface area contributed by atoms with Gasteiger partial charge in [0.15, 0.2) is 0 Å². The van der Waals surface area contributed by atoms with Gasteiger partial charge in [-0.1, -0.05) is 21.6 Å². The number of carbonyl (C=O) groups excluding carboxylic acids is 2. The fourth-order valence-electron chi connectivity index (χ4n) is 5.76. The Labute approximate surface area is 200 Å². The van der Waals surface area contributed by atoms with Crippen LogP contribution in [0, 0.1) is 0 Å². The molecular weight excluding hydrogens is 444 g/mol. The van der Waals surface area contributed by atoms with Gasteiger partial charge in [0.05, 0.1) is 12.1 Å². The summed E-state index contributed by atoms with van der Waals surface area (Å²) in [5.74, 6) is 1.19. The Morgan fingerprint density at radius 3 is 1.41 bits per heavy atom. The number of nitrogens with one attached hydrogen (secondary N) is 2. The summed E-state index contributed by atoms with van der Waals surface area (Å²) in [6, 6.07) is -0.996. The minimum absolute atomic E-state index is 0.0501. The van der Waals surface area contributed by atoms with Crippen LogP contribution in [0.4, 0.5) is 0 Å². The van der Waals surface area contributed by atoms with Gasteiger partial charge >= 0.3 is 0 Å². The Bertz CT molecular complexity index is 593. The van der Waals surface area contributed by atoms with E-state index >= 15 is 0 Å². The third kappa shape index (κ3) is 5.75. The van der Waals surface area contributed by atoms with Crippen LogP contribution < -0.4 is 22.1 Å². The van der Waals surface area contributed by atoms with Crippen molar-refractivity contribution < 1.29 is 9.59 Å². The van der Waals surface area contributed by atoms with Crippen molar-refractivity contribution in [3.63, 3.8) is 0 Å². The molecule has 2 spiro atoms. The van der Waals surface area contributed by atoms with Gasteiger partial charge < -0.3 is 31.9 Å². The van der Waals surface area contributed by atoms with Gasteiger partial charge in [0.2, 0.25) is 11.8 Å². The number of likely N-dealkylation sites (tertiary alicyclic amines) is 2. The number of hydrogen-bond acceptors (Lipinski definition) is 8. The molecule has 4 saturated heterocycles. The van der Waals surface area contributed by atoms with E-state index < -0.39 is 12.1 Å². The first kappa shape index (κ1) is 24.6. The third-order valence-electron chi connectivity index (χ3n) is 7.94. The summed E-state index contributed by atoms with van der Waals surface area (Å²) in [5.41, 5.74) is 12.9. The molecule has 4 fully saturated rings. The van der Waals surface area contributed by atoms with Crippen LogP contribution in [0.1, 0.15) is 51.4 Å². The molecule has 2 atom stereocenters. The molecule has 10 heteroatoms. The van der Waals surface area contributed by atoms with Crippen LogP contribution in [-0.4, -0.2) is 95.5 Å². The number of rotatable bonds is 7. The molecule has 8 nitrogen and oxygen atoms in total. The fraction of sp³-hybridized carbons (Fsp3) is 0.909. The lowest BCUT2D eigenvalue weighted by atomic mass is 9.86. The normalized spacial score (nSPS) is 26.6. The van der Waals surface area contributed by atoms with Crippen molar-refractivity contribution in [3.8, 4) is 0 Å². The van der Waals surface area contributed by atoms with Crippen molar-refractivity contribution in [1.82, 2.24) is 20.4 Å². The molecule has 0 aromatic heterocycles. The summed E-state index contributed by atoms with van der Waals surface area (Å²) in [6.07, 6.45) is 9.03. The van der Waals surface area contributed by atoms with Crippen molar-refractivity contribution in [3.05, 3.63) is 0 Å². The van der Waals surface area contributed by atoms with Crippen LogP contribution in [0.25, 0.3) is 0 Å². The van der Waals surface area contributed by atoms with Crippen LogP contribution in [0.15, 0.2) is 0 Å². The second-order valence-electron chi connectivity index (χ2n) is 10.1. The molecule has 4 aliphatic heterocycles. The predicted molar refractivity (Wildman–Crippen MR) is 132 cm³/mol. The number of hydrogen-bond donors (Lipinski definition) is 4. The molecule has 4 aliphatic rings. The highest BCUT2D eigenvalue weighted by Gasteiger charge is 2.39. The average Bonchev–Trinajstić information content (AvgIpc) is 3.46. The SMILES string of the molecule is N[C@@H](CSSC[C@H](N)C(=O)N1CCC2(CCCN2)CC1)C(=O)N1CCC2(CCCN2)CC1. The van der Waals surface area contributed by atoms with E-state index in [0.29, 0.717) is 11.5 Å². The van der Waals surface area contributed by atoms with Crippen LogP contribution in [0.3, 0.4) is 0 Å². The lowest BCUT2D eigenvalue weighted by Crippen LogP contribution is -2.55. The molecule has 0 aromatic rings. The maximum absolute atomic E-state index is 12.7. The molecule has 0 radical (unpaired) electrons. The zero-order valence-corrected chi connectivity index (χ0v) is 20.8. The zero-order valence-electron chi connectivity index (χ0n) is 19.2. The molecule has 4 rings (SSSR count). The fourth-order valence-corrected chi connectivity index (χ4v) is 7.98. The topological polar surface area (TPSA) is 117 Å². The van der Waals surface area contributed by atoms with E-state index in [1.807, 2.05) is 9.80 Å². The monoisotopic (exact) mass is 484 g/mol. The van der Waals surface area contributed by atoms with Gasteiger partial charge in [-0.25, -0.2) is 0 Å². The molecule has 0 bridgehead atoms. The number of amides is 2. The lowest BCUT2D eigenvalue weighted by molar-refractivity contribution is -0.134. The highest BCUT2D eigenvalue weighted by atomic mass is 33.1. The molecule has 4 heterocycles. The van der Waals surface area contributed by atoms with Gasteiger partial charge in [0, 0.05) is 48.8 Å². The highest BCUT2D eigenvalue weighted by Crippen LogP contribution is 2.32. The van der Waals surface area contributed by atoms with E-state index in [-0.39, 0.29) is 22.9 Å². The molecule has 32 heavy (non-hydrogen) atoms. The second kappa shape index (κ2) is 10.8. The van der Waals surface area contributed by atoms with Crippen molar-refractivity contribution in [1.29, 1.82) is 0 Å². The number of nitrogens with zero attached hydrogens (tertiary/aromatic N) is 2. The Morgan fingerprint density at radius 1 is 0.719 bits per heavy atom. The third-order valence-corrected chi connectivity index (χ3v) is 10.4. The predicted octanol–water partition coefficient (Wildman–Crippen LogP) is 0.512. The van der Waals surface area contributed by atoms with Gasteiger partial charge in [0.1, 0.15) is 0 Å². The Hall–Kier alpha value is -0.520. The van der Waals surface area contributed by atoms with E-state index in [9.17, 15) is 9.59 Å². The zero-order chi connectivity index (χ0) is 22.6. The minimum Gasteiger partial charge on any atom is -0.341 e. The van der Waals surface area contributed by atoms with Gasteiger partial charge in [-0.15, -0.1) is 0 Å². The van der Waals surface area contributed by atoms with Crippen LogP contribution in [0.2, 0.25) is 0 Å². The molecule has 0 unspecified atom stereocenters. The van der Waals surface area contributed by atoms with Crippen LogP contribution in [0.5, 0.6) is 0 Å². The summed E-state index contributed by atoms with van der Waals surface area (Å²) in [7, 11) is 3.10. The molecule has 182 valence electrons. The highest BCUT2D eigenvalue weighted by molar-refractivity contribution is 8.76. The number of piperidine rings is 2. The molecule has 2 amide bonds. The van der Waals surface area contributed by atoms with Gasteiger partial charge in [-0.3, -0.25) is 9.59 Å². The Balaban J connectivity index is 1.10. The summed E-state index contributed by atoms with van der Waals surface area (Å²) in [6.45, 7) is 5.38. The average molecular weight is 485 g/mol. The van der Waals surface area contributed by atoms with Crippen molar-refractivity contribution in [2.24, 2.45) is 11.5 Å². The molecule has 6 N–H and O–H groups in total. The van der Waals surface area contributed by atoms with E-state index in [1.165, 1.54) is 25.7 Å². The summed E-state index contributed by atoms with van der Waals surface area (Å²) >= 11 is 0. The van der Waals surface area contributed by atoms with Crippen LogP contribution in [-0.2, 0) is 9.59 Å². The first-order chi connectivity index (χ1) is 15.4. The quantitative estimate of drug-likeness (QED) is 0.305. The maximum atomic E-state index is 12.7. The smallest absolute Gasteiger partial charge is 0.240 e. The Kier molecular flexibility index (Phi) is 8.32. The summed E-state index contributed by atoms with van der Waals surface area (Å²) in [4.78, 5) is 29.3. The summed E-state index contributed by atoms with van der Waals surface area (Å²) in [5, 5.41) is 7.27. The molecule has 0 aromatic carbocycles. The van der Waals surface area contributed by atoms with Crippen molar-refractivity contribution >= 4 is 33.4 Å². The molecular formula is C22H40N6O2S2. The van der Waals surface area contributed by atoms with Gasteiger partial charge in [-0.2, -0.15) is 0 Å². The van der Waals surface area contributed by atoms with E-state index in [2.05, 4.69) is 10.6 Å². The van der Waals surface area contributed by atoms with Gasteiger partial charge in [-0.05, 0) is 64.5 Å². The standard InChI is InChI=1S/C22H40N6O2S2/c23-17(19(29)27-11-5-21(6-12-27)3-1-9-25-21)15-31-32-16-18(24)20(30)28-13-7-22(8-14-28)4-2-10-26-22/h17-18,25-26H,1-16,23-24H2/t17-,18-/m0/s1. The number of nitrogens with two attached hydrogens (primary N) is 2. The van der Waals surface area contributed by atoms with Crippen LogP contribution >= 0.6 is 21.6 Å². The maximum Gasteiger partial charge on any atom is 0.240 e.